The van der Waals surface area contributed by atoms with Gasteiger partial charge in [0, 0.05) is 30.5 Å². The van der Waals surface area contributed by atoms with E-state index in [9.17, 15) is 14.7 Å². The number of aromatic carboxylic acids is 1. The summed E-state index contributed by atoms with van der Waals surface area (Å²) in [5.41, 5.74) is 1.66. The van der Waals surface area contributed by atoms with Crippen molar-refractivity contribution < 1.29 is 24.5 Å². The molecule has 1 aromatic heterocycles. The second kappa shape index (κ2) is 9.14. The normalized spacial score (nSPS) is 15.2. The lowest BCUT2D eigenvalue weighted by molar-refractivity contribution is 0.0693. The molecule has 2 heterocycles. The van der Waals surface area contributed by atoms with Gasteiger partial charge in [0.25, 0.3) is 0 Å². The second-order valence-corrected chi connectivity index (χ2v) is 9.03. The zero-order chi connectivity index (χ0) is 22.8. The number of benzene rings is 1. The predicted octanol–water partition coefficient (Wildman–Crippen LogP) is 3.91. The molecule has 1 aliphatic heterocycles. The number of hydrogen-bond acceptors (Lipinski definition) is 5. The number of fused-ring (bicyclic) bond motifs is 3. The smallest absolute Gasteiger partial charge is 0.341 e. The Balaban J connectivity index is 2.07. The Hall–Kier alpha value is -2.80. The zero-order valence-electron chi connectivity index (χ0n) is 18.6. The third-order valence-electron chi connectivity index (χ3n) is 5.78. The van der Waals surface area contributed by atoms with Crippen molar-refractivity contribution >= 4 is 5.97 Å². The Kier molecular flexibility index (Phi) is 6.74. The van der Waals surface area contributed by atoms with Crippen LogP contribution < -0.4 is 14.9 Å². The average molecular weight is 430 g/mol. The molecule has 1 aromatic carbocycles. The lowest BCUT2D eigenvalue weighted by atomic mass is 9.78. The lowest BCUT2D eigenvalue weighted by Crippen LogP contribution is -2.32. The minimum Gasteiger partial charge on any atom is -0.493 e. The molecule has 2 aromatic rings. The number of carboxylic acid groups (broad SMARTS) is 1. The third-order valence-corrected chi connectivity index (χ3v) is 5.78. The summed E-state index contributed by atoms with van der Waals surface area (Å²) in [7, 11) is 1.57. The first-order valence-electron chi connectivity index (χ1n) is 10.6. The Morgan fingerprint density at radius 2 is 1.90 bits per heavy atom. The number of carbonyl (C=O) groups is 1. The van der Waals surface area contributed by atoms with Gasteiger partial charge in [0.15, 0.2) is 16.9 Å². The van der Waals surface area contributed by atoms with E-state index in [0.717, 1.165) is 30.4 Å². The van der Waals surface area contributed by atoms with E-state index in [1.54, 1.807) is 7.11 Å². The number of pyridine rings is 1. The molecule has 3 rings (SSSR count). The van der Waals surface area contributed by atoms with Crippen LogP contribution in [0.5, 0.6) is 11.5 Å². The highest BCUT2D eigenvalue weighted by molar-refractivity contribution is 5.88. The molecule has 0 radical (unpaired) electrons. The van der Waals surface area contributed by atoms with Crippen molar-refractivity contribution in [3.05, 3.63) is 45.7 Å². The van der Waals surface area contributed by atoms with Gasteiger partial charge in [0.2, 0.25) is 0 Å². The Morgan fingerprint density at radius 1 is 1.16 bits per heavy atom. The molecule has 1 aliphatic rings. The lowest BCUT2D eigenvalue weighted by Gasteiger charge is -2.39. The number of ether oxygens (including phenoxy) is 2. The summed E-state index contributed by atoms with van der Waals surface area (Å²) in [4.78, 5) is 24.0. The quantitative estimate of drug-likeness (QED) is 0.618. The van der Waals surface area contributed by atoms with Crippen LogP contribution in [0.25, 0.3) is 11.3 Å². The topological polar surface area (TPSA) is 98.0 Å². The molecule has 0 unspecified atom stereocenters. The summed E-state index contributed by atoms with van der Waals surface area (Å²) < 4.78 is 13.4. The van der Waals surface area contributed by atoms with Gasteiger partial charge in [0.1, 0.15) is 5.56 Å². The molecule has 1 atom stereocenters. The van der Waals surface area contributed by atoms with Gasteiger partial charge in [-0.2, -0.15) is 0 Å². The fourth-order valence-electron chi connectivity index (χ4n) is 4.07. The molecular formula is C24H31NO6. The summed E-state index contributed by atoms with van der Waals surface area (Å²) in [6, 6.07) is 5.22. The molecule has 0 fully saturated rings. The molecule has 2 N–H and O–H groups in total. The van der Waals surface area contributed by atoms with Crippen LogP contribution in [0.3, 0.4) is 0 Å². The maximum absolute atomic E-state index is 12.5. The number of nitrogens with zero attached hydrogens (tertiary/aromatic N) is 1. The fourth-order valence-corrected chi connectivity index (χ4v) is 4.07. The van der Waals surface area contributed by atoms with E-state index in [1.165, 1.54) is 12.3 Å². The molecular weight excluding hydrogens is 398 g/mol. The van der Waals surface area contributed by atoms with Crippen molar-refractivity contribution in [1.82, 2.24) is 4.57 Å². The van der Waals surface area contributed by atoms with Crippen LogP contribution in [0.15, 0.2) is 29.2 Å². The highest BCUT2D eigenvalue weighted by atomic mass is 16.5. The summed E-state index contributed by atoms with van der Waals surface area (Å²) >= 11 is 0. The first-order valence-corrected chi connectivity index (χ1v) is 10.6. The van der Waals surface area contributed by atoms with Crippen LogP contribution in [0, 0.1) is 5.41 Å². The van der Waals surface area contributed by atoms with Crippen LogP contribution in [0.2, 0.25) is 0 Å². The number of aromatic nitrogens is 1. The van der Waals surface area contributed by atoms with Crippen LogP contribution >= 0.6 is 0 Å². The summed E-state index contributed by atoms with van der Waals surface area (Å²) in [6.45, 7) is 7.02. The fraction of sp³-hybridized carbons (Fsp3) is 0.500. The van der Waals surface area contributed by atoms with E-state index in [0.29, 0.717) is 30.2 Å². The van der Waals surface area contributed by atoms with Gasteiger partial charge in [-0.25, -0.2) is 4.79 Å². The van der Waals surface area contributed by atoms with E-state index in [1.807, 2.05) is 16.7 Å². The highest BCUT2D eigenvalue weighted by Gasteiger charge is 2.34. The number of aliphatic hydroxyl groups is 1. The number of aliphatic hydroxyl groups excluding tert-OH is 1. The SMILES string of the molecule is COc1cc2c(cc1OCCCCCO)C[C@@H](C(C)(C)C)n1cc(C(=O)O)c(=O)cc1-2. The van der Waals surface area contributed by atoms with Crippen molar-refractivity contribution in [1.29, 1.82) is 0 Å². The van der Waals surface area contributed by atoms with Crippen molar-refractivity contribution in [3.8, 4) is 22.8 Å². The molecule has 168 valence electrons. The molecule has 0 bridgehead atoms. The maximum atomic E-state index is 12.5. The van der Waals surface area contributed by atoms with Crippen molar-refractivity contribution in [2.24, 2.45) is 5.41 Å². The Morgan fingerprint density at radius 3 is 2.52 bits per heavy atom. The van der Waals surface area contributed by atoms with Gasteiger partial charge in [-0.1, -0.05) is 20.8 Å². The van der Waals surface area contributed by atoms with Gasteiger partial charge in [-0.15, -0.1) is 0 Å². The van der Waals surface area contributed by atoms with Crippen molar-refractivity contribution in [2.45, 2.75) is 52.5 Å². The number of methoxy groups -OCH3 is 1. The molecule has 7 nitrogen and oxygen atoms in total. The first kappa shape index (κ1) is 22.9. The van der Waals surface area contributed by atoms with Crippen LogP contribution in [0.4, 0.5) is 0 Å². The van der Waals surface area contributed by atoms with Gasteiger partial charge >= 0.3 is 5.97 Å². The predicted molar refractivity (Wildman–Crippen MR) is 118 cm³/mol. The van der Waals surface area contributed by atoms with E-state index in [-0.39, 0.29) is 23.6 Å². The Bertz CT molecular complexity index is 1020. The number of rotatable bonds is 8. The minimum absolute atomic E-state index is 0.0282. The zero-order valence-corrected chi connectivity index (χ0v) is 18.6. The summed E-state index contributed by atoms with van der Waals surface area (Å²) in [5, 5.41) is 18.4. The second-order valence-electron chi connectivity index (χ2n) is 9.03. The number of unbranched alkanes of at least 4 members (excludes halogenated alkanes) is 2. The van der Waals surface area contributed by atoms with E-state index >= 15 is 0 Å². The van der Waals surface area contributed by atoms with E-state index in [4.69, 9.17) is 14.6 Å². The highest BCUT2D eigenvalue weighted by Crippen LogP contribution is 2.45. The van der Waals surface area contributed by atoms with E-state index in [2.05, 4.69) is 20.8 Å². The summed E-state index contributed by atoms with van der Waals surface area (Å²) in [6.07, 6.45) is 4.62. The van der Waals surface area contributed by atoms with Crippen LogP contribution in [0.1, 0.15) is 62.0 Å². The summed E-state index contributed by atoms with van der Waals surface area (Å²) in [5.74, 6) is -0.00595. The molecule has 7 heteroatoms. The van der Waals surface area contributed by atoms with Crippen molar-refractivity contribution in [2.75, 3.05) is 20.3 Å². The van der Waals surface area contributed by atoms with Gasteiger partial charge < -0.3 is 24.3 Å². The first-order chi connectivity index (χ1) is 14.7. The van der Waals surface area contributed by atoms with Crippen LogP contribution in [-0.4, -0.2) is 41.1 Å². The number of carboxylic acids is 1. The Labute approximate surface area is 182 Å². The van der Waals surface area contributed by atoms with Crippen LogP contribution in [-0.2, 0) is 6.42 Å². The monoisotopic (exact) mass is 429 g/mol. The molecule has 0 saturated carbocycles. The minimum atomic E-state index is -1.22. The number of hydrogen-bond donors (Lipinski definition) is 2. The molecule has 0 aliphatic carbocycles. The van der Waals surface area contributed by atoms with Crippen molar-refractivity contribution in [3.63, 3.8) is 0 Å². The molecule has 0 saturated heterocycles. The maximum Gasteiger partial charge on any atom is 0.341 e. The molecule has 0 amide bonds. The van der Waals surface area contributed by atoms with Gasteiger partial charge in [-0.05, 0) is 48.8 Å². The van der Waals surface area contributed by atoms with Gasteiger partial charge in [0.05, 0.1) is 19.4 Å². The average Bonchev–Trinajstić information content (AvgIpc) is 2.71. The van der Waals surface area contributed by atoms with Gasteiger partial charge in [-0.3, -0.25) is 4.79 Å². The molecule has 31 heavy (non-hydrogen) atoms. The van der Waals surface area contributed by atoms with E-state index < -0.39 is 11.4 Å². The largest absolute Gasteiger partial charge is 0.493 e. The standard InChI is InChI=1S/C24H31NO6/c1-24(2,3)22-11-15-10-21(31-9-7-5-6-8-26)20(30-4)12-16(15)18-13-19(27)17(23(28)29)14-25(18)22/h10,12-14,22,26H,5-9,11H2,1-4H3,(H,28,29)/t22-/m0/s1. The third kappa shape index (κ3) is 4.77. The molecule has 0 spiro atoms.